The smallest absolute Gasteiger partial charge is 0.275 e. The molecule has 2 N–H and O–H groups in total. The molecule has 7 nitrogen and oxygen atoms in total. The number of hydrogen-bond acceptors (Lipinski definition) is 5. The molecule has 0 aliphatic carbocycles. The molecule has 2 atom stereocenters. The van der Waals surface area contributed by atoms with Gasteiger partial charge in [-0.05, 0) is 25.5 Å². The highest BCUT2D eigenvalue weighted by molar-refractivity contribution is 5.94. The van der Waals surface area contributed by atoms with Crippen LogP contribution in [0.1, 0.15) is 47.3 Å². The van der Waals surface area contributed by atoms with E-state index in [2.05, 4.69) is 15.2 Å². The number of carbonyl (C=O) groups is 1. The highest BCUT2D eigenvalue weighted by Crippen LogP contribution is 2.30. The molecule has 0 saturated heterocycles. The molecule has 3 rings (SSSR count). The maximum absolute atomic E-state index is 13.0. The molecule has 2 aromatic heterocycles. The van der Waals surface area contributed by atoms with Crippen LogP contribution in [0.3, 0.4) is 0 Å². The number of aliphatic hydroxyl groups excluding tert-OH is 1. The monoisotopic (exact) mass is 330 g/mol. The van der Waals surface area contributed by atoms with Gasteiger partial charge in [-0.3, -0.25) is 14.9 Å². The van der Waals surface area contributed by atoms with Crippen molar-refractivity contribution in [2.45, 2.75) is 39.0 Å². The fourth-order valence-corrected chi connectivity index (χ4v) is 3.09. The number of ether oxygens (including phenoxy) is 1. The number of rotatable bonds is 5. The van der Waals surface area contributed by atoms with Gasteiger partial charge in [0.05, 0.1) is 24.5 Å². The number of nitrogens with one attached hydrogen (secondary N) is 1. The molecular weight excluding hydrogens is 308 g/mol. The Morgan fingerprint density at radius 3 is 3.04 bits per heavy atom. The number of aromatic nitrogens is 3. The summed E-state index contributed by atoms with van der Waals surface area (Å²) >= 11 is 0. The van der Waals surface area contributed by atoms with Gasteiger partial charge in [0.15, 0.2) is 5.69 Å². The number of amides is 1. The van der Waals surface area contributed by atoms with E-state index in [4.69, 9.17) is 4.74 Å². The van der Waals surface area contributed by atoms with E-state index in [0.29, 0.717) is 18.7 Å². The van der Waals surface area contributed by atoms with Gasteiger partial charge in [0.1, 0.15) is 0 Å². The topological polar surface area (TPSA) is 91.3 Å². The maximum Gasteiger partial charge on any atom is 0.275 e. The van der Waals surface area contributed by atoms with Crippen LogP contribution in [-0.4, -0.2) is 50.4 Å². The number of aliphatic hydroxyl groups is 1. The van der Waals surface area contributed by atoms with Gasteiger partial charge in [-0.15, -0.1) is 0 Å². The fourth-order valence-electron chi connectivity index (χ4n) is 3.09. The minimum Gasteiger partial charge on any atom is -0.395 e. The second-order valence-corrected chi connectivity index (χ2v) is 6.07. The van der Waals surface area contributed by atoms with Crippen LogP contribution in [0.15, 0.2) is 24.5 Å². The largest absolute Gasteiger partial charge is 0.395 e. The first kappa shape index (κ1) is 16.6. The van der Waals surface area contributed by atoms with Gasteiger partial charge in [0.2, 0.25) is 0 Å². The fraction of sp³-hybridized carbons (Fsp3) is 0.471. The summed E-state index contributed by atoms with van der Waals surface area (Å²) in [5.74, 6) is -0.188. The van der Waals surface area contributed by atoms with Crippen molar-refractivity contribution in [3.05, 3.63) is 47.0 Å². The van der Waals surface area contributed by atoms with Crippen molar-refractivity contribution in [3.8, 4) is 0 Å². The Bertz CT molecular complexity index is 701. The molecule has 0 spiro atoms. The first-order chi connectivity index (χ1) is 11.6. The lowest BCUT2D eigenvalue weighted by Crippen LogP contribution is -2.34. The molecule has 1 aliphatic heterocycles. The second kappa shape index (κ2) is 7.11. The Morgan fingerprint density at radius 1 is 1.50 bits per heavy atom. The molecule has 0 saturated carbocycles. The zero-order valence-electron chi connectivity index (χ0n) is 13.9. The Kier molecular flexibility index (Phi) is 4.92. The van der Waals surface area contributed by atoms with Crippen molar-refractivity contribution in [2.24, 2.45) is 0 Å². The third-order valence-electron chi connectivity index (χ3n) is 4.19. The van der Waals surface area contributed by atoms with Crippen molar-refractivity contribution in [3.63, 3.8) is 0 Å². The molecule has 1 aliphatic rings. The van der Waals surface area contributed by atoms with E-state index >= 15 is 0 Å². The highest BCUT2D eigenvalue weighted by atomic mass is 16.5. The molecule has 7 heteroatoms. The van der Waals surface area contributed by atoms with Crippen molar-refractivity contribution in [1.82, 2.24) is 20.1 Å². The predicted molar refractivity (Wildman–Crippen MR) is 87.3 cm³/mol. The number of hydrogen-bond donors (Lipinski definition) is 2. The lowest BCUT2D eigenvalue weighted by molar-refractivity contribution is -0.00703. The van der Waals surface area contributed by atoms with Crippen LogP contribution in [0.5, 0.6) is 0 Å². The zero-order chi connectivity index (χ0) is 17.1. The zero-order valence-corrected chi connectivity index (χ0v) is 13.9. The van der Waals surface area contributed by atoms with Crippen molar-refractivity contribution < 1.29 is 14.6 Å². The van der Waals surface area contributed by atoms with Gasteiger partial charge in [-0.1, -0.05) is 6.07 Å². The van der Waals surface area contributed by atoms with Crippen LogP contribution in [0.4, 0.5) is 0 Å². The molecule has 0 fully saturated rings. The first-order valence-electron chi connectivity index (χ1n) is 8.11. The highest BCUT2D eigenvalue weighted by Gasteiger charge is 2.31. The Balaban J connectivity index is 1.86. The van der Waals surface area contributed by atoms with Crippen LogP contribution in [0.25, 0.3) is 0 Å². The lowest BCUT2D eigenvalue weighted by Gasteiger charge is -2.26. The number of pyridine rings is 1. The van der Waals surface area contributed by atoms with E-state index in [9.17, 15) is 9.90 Å². The molecule has 128 valence electrons. The van der Waals surface area contributed by atoms with Crippen LogP contribution < -0.4 is 0 Å². The van der Waals surface area contributed by atoms with E-state index in [1.54, 1.807) is 17.3 Å². The standard InChI is InChI=1S/C17H22N4O3/c1-11-8-14-15(12(2)24-11)19-20-16(14)17(23)21(6-7-22)10-13-4-3-5-18-9-13/h3-5,9,11-12,22H,6-8,10H2,1-2H3,(H,19,20)/t11-,12+/m1/s1. The molecule has 0 bridgehead atoms. The van der Waals surface area contributed by atoms with Gasteiger partial charge < -0.3 is 14.7 Å². The van der Waals surface area contributed by atoms with Crippen LogP contribution in [0, 0.1) is 0 Å². The van der Waals surface area contributed by atoms with Crippen LogP contribution >= 0.6 is 0 Å². The molecule has 1 amide bonds. The number of nitrogens with zero attached hydrogens (tertiary/aromatic N) is 3. The lowest BCUT2D eigenvalue weighted by atomic mass is 9.99. The summed E-state index contributed by atoms with van der Waals surface area (Å²) in [4.78, 5) is 18.6. The minimum absolute atomic E-state index is 0.0428. The average Bonchev–Trinajstić information content (AvgIpc) is 2.99. The summed E-state index contributed by atoms with van der Waals surface area (Å²) in [6.07, 6.45) is 3.99. The molecule has 24 heavy (non-hydrogen) atoms. The molecular formula is C17H22N4O3. The minimum atomic E-state index is -0.188. The third kappa shape index (κ3) is 3.32. The van der Waals surface area contributed by atoms with E-state index in [1.807, 2.05) is 26.0 Å². The Hall–Kier alpha value is -2.25. The average molecular weight is 330 g/mol. The van der Waals surface area contributed by atoms with E-state index < -0.39 is 0 Å². The third-order valence-corrected chi connectivity index (χ3v) is 4.19. The number of H-pyrrole nitrogens is 1. The van der Waals surface area contributed by atoms with Gasteiger partial charge in [0.25, 0.3) is 5.91 Å². The summed E-state index contributed by atoms with van der Waals surface area (Å²) in [5.41, 5.74) is 3.11. The van der Waals surface area contributed by atoms with Gasteiger partial charge in [-0.25, -0.2) is 0 Å². The number of fused-ring (bicyclic) bond motifs is 1. The van der Waals surface area contributed by atoms with Crippen LogP contribution in [0.2, 0.25) is 0 Å². The molecule has 0 unspecified atom stereocenters. The molecule has 3 heterocycles. The van der Waals surface area contributed by atoms with Gasteiger partial charge in [-0.2, -0.15) is 5.10 Å². The van der Waals surface area contributed by atoms with Crippen molar-refractivity contribution in [1.29, 1.82) is 0 Å². The van der Waals surface area contributed by atoms with Gasteiger partial charge in [0, 0.05) is 37.5 Å². The Labute approximate surface area is 140 Å². The summed E-state index contributed by atoms with van der Waals surface area (Å²) in [6.45, 7) is 4.46. The van der Waals surface area contributed by atoms with Crippen molar-refractivity contribution >= 4 is 5.91 Å². The van der Waals surface area contributed by atoms with E-state index in [0.717, 1.165) is 16.8 Å². The van der Waals surface area contributed by atoms with Gasteiger partial charge >= 0.3 is 0 Å². The molecule has 0 aromatic carbocycles. The van der Waals surface area contributed by atoms with Crippen molar-refractivity contribution in [2.75, 3.05) is 13.2 Å². The summed E-state index contributed by atoms with van der Waals surface area (Å²) in [7, 11) is 0. The predicted octanol–water partition coefficient (Wildman–Crippen LogP) is 1.46. The molecule has 2 aromatic rings. The van der Waals surface area contributed by atoms with E-state index in [1.165, 1.54) is 0 Å². The first-order valence-corrected chi connectivity index (χ1v) is 8.11. The Morgan fingerprint density at radius 2 is 2.33 bits per heavy atom. The quantitative estimate of drug-likeness (QED) is 0.866. The summed E-state index contributed by atoms with van der Waals surface area (Å²) in [5, 5.41) is 16.5. The second-order valence-electron chi connectivity index (χ2n) is 6.07. The summed E-state index contributed by atoms with van der Waals surface area (Å²) < 4.78 is 5.76. The van der Waals surface area contributed by atoms with Crippen LogP contribution in [-0.2, 0) is 17.7 Å². The number of carbonyl (C=O) groups excluding carboxylic acids is 1. The van der Waals surface area contributed by atoms with E-state index in [-0.39, 0.29) is 31.3 Å². The maximum atomic E-state index is 13.0. The summed E-state index contributed by atoms with van der Waals surface area (Å²) in [6, 6.07) is 3.73. The number of aromatic amines is 1. The SMILES string of the molecule is C[C@@H]1Cc2c(C(=O)N(CCO)Cc3cccnc3)n[nH]c2[C@H](C)O1. The normalized spacial score (nSPS) is 19.8. The molecule has 0 radical (unpaired) electrons.